The van der Waals surface area contributed by atoms with E-state index in [9.17, 15) is 4.79 Å². The van der Waals surface area contributed by atoms with Crippen molar-refractivity contribution in [3.8, 4) is 17.3 Å². The van der Waals surface area contributed by atoms with Crippen molar-refractivity contribution < 1.29 is 9.47 Å². The summed E-state index contributed by atoms with van der Waals surface area (Å²) in [6, 6.07) is 10.8. The maximum absolute atomic E-state index is 12.0. The quantitative estimate of drug-likeness (QED) is 0.662. The normalized spacial score (nSPS) is 15.8. The summed E-state index contributed by atoms with van der Waals surface area (Å²) in [6.45, 7) is 2.19. The first-order valence-electron chi connectivity index (χ1n) is 8.45. The third kappa shape index (κ3) is 3.60. The Morgan fingerprint density at radius 3 is 2.92 bits per heavy atom. The van der Waals surface area contributed by atoms with Crippen LogP contribution in [0.2, 0.25) is 0 Å². The van der Waals surface area contributed by atoms with Crippen LogP contribution in [0.15, 0.2) is 59.9 Å². The van der Waals surface area contributed by atoms with Crippen molar-refractivity contribution in [3.63, 3.8) is 0 Å². The minimum atomic E-state index is -0.137. The molecular weight excluding hydrogens is 334 g/mol. The number of hydrogen-bond acceptors (Lipinski definition) is 6. The number of nitrogens with one attached hydrogen (secondary N) is 1. The van der Waals surface area contributed by atoms with Gasteiger partial charge >= 0.3 is 0 Å². The summed E-state index contributed by atoms with van der Waals surface area (Å²) in [4.78, 5) is 16.0. The van der Waals surface area contributed by atoms with Crippen molar-refractivity contribution in [3.05, 3.63) is 65.5 Å². The molecule has 4 rings (SSSR count). The SMILES string of the molecule is O=c1ccc(-n2ccnc2)nn1CCNCC1COc2ccccc2O1. The van der Waals surface area contributed by atoms with E-state index in [1.165, 1.54) is 10.7 Å². The average molecular weight is 353 g/mol. The zero-order valence-corrected chi connectivity index (χ0v) is 14.1. The molecule has 134 valence electrons. The minimum absolute atomic E-state index is 0.0631. The molecule has 1 N–H and O–H groups in total. The lowest BCUT2D eigenvalue weighted by Crippen LogP contribution is -2.40. The van der Waals surface area contributed by atoms with Crippen molar-refractivity contribution in [2.45, 2.75) is 12.6 Å². The zero-order chi connectivity index (χ0) is 17.8. The molecule has 1 aliphatic heterocycles. The third-order valence-corrected chi connectivity index (χ3v) is 4.06. The van der Waals surface area contributed by atoms with Crippen molar-refractivity contribution in [1.82, 2.24) is 24.6 Å². The maximum atomic E-state index is 12.0. The molecule has 0 bridgehead atoms. The van der Waals surface area contributed by atoms with Crippen LogP contribution in [-0.4, -0.2) is 45.1 Å². The van der Waals surface area contributed by atoms with Crippen molar-refractivity contribution >= 4 is 0 Å². The number of ether oxygens (including phenoxy) is 2. The third-order valence-electron chi connectivity index (χ3n) is 4.06. The van der Waals surface area contributed by atoms with Gasteiger partial charge < -0.3 is 14.8 Å². The molecule has 26 heavy (non-hydrogen) atoms. The van der Waals surface area contributed by atoms with Crippen LogP contribution >= 0.6 is 0 Å². The summed E-state index contributed by atoms with van der Waals surface area (Å²) in [5.41, 5.74) is -0.137. The van der Waals surface area contributed by atoms with Gasteiger partial charge in [0.2, 0.25) is 0 Å². The van der Waals surface area contributed by atoms with E-state index in [2.05, 4.69) is 15.4 Å². The number of aromatic nitrogens is 4. The number of nitrogens with zero attached hydrogens (tertiary/aromatic N) is 4. The monoisotopic (exact) mass is 353 g/mol. The highest BCUT2D eigenvalue weighted by Gasteiger charge is 2.19. The summed E-state index contributed by atoms with van der Waals surface area (Å²) >= 11 is 0. The summed E-state index contributed by atoms with van der Waals surface area (Å²) < 4.78 is 14.8. The average Bonchev–Trinajstić information content (AvgIpc) is 3.21. The fraction of sp³-hybridized carbons (Fsp3) is 0.278. The van der Waals surface area contributed by atoms with Crippen LogP contribution in [0.4, 0.5) is 0 Å². The second-order valence-corrected chi connectivity index (χ2v) is 5.92. The molecule has 1 aliphatic rings. The second-order valence-electron chi connectivity index (χ2n) is 5.92. The van der Waals surface area contributed by atoms with Crippen LogP contribution in [-0.2, 0) is 6.54 Å². The predicted molar refractivity (Wildman–Crippen MR) is 94.8 cm³/mol. The number of para-hydroxylation sites is 2. The van der Waals surface area contributed by atoms with Crippen molar-refractivity contribution in [2.24, 2.45) is 0 Å². The summed E-state index contributed by atoms with van der Waals surface area (Å²) in [5.74, 6) is 2.19. The van der Waals surface area contributed by atoms with E-state index in [1.807, 2.05) is 24.3 Å². The van der Waals surface area contributed by atoms with Crippen LogP contribution in [0.5, 0.6) is 11.5 Å². The first kappa shape index (κ1) is 16.3. The summed E-state index contributed by atoms with van der Waals surface area (Å²) in [7, 11) is 0. The number of fused-ring (bicyclic) bond motifs is 1. The molecule has 8 nitrogen and oxygen atoms in total. The van der Waals surface area contributed by atoms with Gasteiger partial charge in [0.1, 0.15) is 19.0 Å². The fourth-order valence-corrected chi connectivity index (χ4v) is 2.74. The Bertz CT molecular complexity index is 923. The van der Waals surface area contributed by atoms with Gasteiger partial charge in [0.25, 0.3) is 5.56 Å². The van der Waals surface area contributed by atoms with E-state index in [1.54, 1.807) is 29.4 Å². The molecule has 0 saturated carbocycles. The largest absolute Gasteiger partial charge is 0.486 e. The van der Waals surface area contributed by atoms with Gasteiger partial charge in [0.15, 0.2) is 17.3 Å². The van der Waals surface area contributed by atoms with E-state index in [-0.39, 0.29) is 11.7 Å². The standard InChI is InChI=1S/C18H19N5O3/c24-18-6-5-17(22-9-7-20-13-22)21-23(18)10-8-19-11-14-12-25-15-3-1-2-4-16(15)26-14/h1-7,9,13-14,19H,8,10-12H2. The van der Waals surface area contributed by atoms with Crippen LogP contribution in [0.25, 0.3) is 5.82 Å². The van der Waals surface area contributed by atoms with Crippen LogP contribution in [0, 0.1) is 0 Å². The first-order valence-corrected chi connectivity index (χ1v) is 8.45. The van der Waals surface area contributed by atoms with E-state index in [4.69, 9.17) is 9.47 Å². The highest BCUT2D eigenvalue weighted by molar-refractivity contribution is 5.40. The fourth-order valence-electron chi connectivity index (χ4n) is 2.74. The van der Waals surface area contributed by atoms with E-state index < -0.39 is 0 Å². The maximum Gasteiger partial charge on any atom is 0.266 e. The molecular formula is C18H19N5O3. The van der Waals surface area contributed by atoms with E-state index in [0.717, 1.165) is 11.5 Å². The Hall–Kier alpha value is -3.13. The minimum Gasteiger partial charge on any atom is -0.486 e. The number of imidazole rings is 1. The number of benzene rings is 1. The smallest absolute Gasteiger partial charge is 0.266 e. The molecule has 8 heteroatoms. The lowest BCUT2D eigenvalue weighted by Gasteiger charge is -2.26. The Balaban J connectivity index is 1.30. The molecule has 2 aromatic heterocycles. The molecule has 3 aromatic rings. The highest BCUT2D eigenvalue weighted by Crippen LogP contribution is 2.30. The molecule has 0 amide bonds. The Kier molecular flexibility index (Phi) is 4.65. The summed E-state index contributed by atoms with van der Waals surface area (Å²) in [6.07, 6.45) is 5.04. The lowest BCUT2D eigenvalue weighted by atomic mass is 10.2. The second kappa shape index (κ2) is 7.40. The van der Waals surface area contributed by atoms with Gasteiger partial charge in [-0.25, -0.2) is 9.67 Å². The summed E-state index contributed by atoms with van der Waals surface area (Å²) in [5, 5.41) is 7.65. The van der Waals surface area contributed by atoms with Gasteiger partial charge in [-0.1, -0.05) is 12.1 Å². The predicted octanol–water partition coefficient (Wildman–Crippen LogP) is 0.859. The number of hydrogen-bond donors (Lipinski definition) is 1. The van der Waals surface area contributed by atoms with Gasteiger partial charge in [-0.3, -0.25) is 9.36 Å². The van der Waals surface area contributed by atoms with Gasteiger partial charge in [-0.05, 0) is 18.2 Å². The highest BCUT2D eigenvalue weighted by atomic mass is 16.6. The molecule has 1 aromatic carbocycles. The molecule has 1 atom stereocenters. The zero-order valence-electron chi connectivity index (χ0n) is 14.1. The van der Waals surface area contributed by atoms with Gasteiger partial charge in [-0.15, -0.1) is 0 Å². The molecule has 0 spiro atoms. The lowest BCUT2D eigenvalue weighted by molar-refractivity contribution is 0.0903. The number of rotatable bonds is 6. The van der Waals surface area contributed by atoms with Crippen LogP contribution in [0.3, 0.4) is 0 Å². The molecule has 3 heterocycles. The van der Waals surface area contributed by atoms with E-state index >= 15 is 0 Å². The van der Waals surface area contributed by atoms with Crippen LogP contribution in [0.1, 0.15) is 0 Å². The van der Waals surface area contributed by atoms with Gasteiger partial charge in [-0.2, -0.15) is 5.10 Å². The van der Waals surface area contributed by atoms with Crippen molar-refractivity contribution in [1.29, 1.82) is 0 Å². The molecule has 0 saturated heterocycles. The van der Waals surface area contributed by atoms with Crippen molar-refractivity contribution in [2.75, 3.05) is 19.7 Å². The molecule has 0 aliphatic carbocycles. The topological polar surface area (TPSA) is 83.2 Å². The van der Waals surface area contributed by atoms with Crippen LogP contribution < -0.4 is 20.3 Å². The Morgan fingerprint density at radius 2 is 2.08 bits per heavy atom. The molecule has 0 radical (unpaired) electrons. The molecule has 1 unspecified atom stereocenters. The van der Waals surface area contributed by atoms with E-state index in [0.29, 0.717) is 32.1 Å². The molecule has 0 fully saturated rings. The Labute approximate surface area is 150 Å². The van der Waals surface area contributed by atoms with Gasteiger partial charge in [0.05, 0.1) is 6.54 Å². The van der Waals surface area contributed by atoms with Gasteiger partial charge in [0, 0.05) is 31.5 Å². The Morgan fingerprint density at radius 1 is 1.19 bits per heavy atom. The first-order chi connectivity index (χ1) is 12.8.